The van der Waals surface area contributed by atoms with Gasteiger partial charge in [0.05, 0.1) is 19.7 Å². The molecule has 2 aromatic rings. The van der Waals surface area contributed by atoms with E-state index in [1.165, 1.54) is 4.72 Å². The number of carboxylic acid groups (broad SMARTS) is 1. The highest BCUT2D eigenvalue weighted by atomic mass is 32.2. The van der Waals surface area contributed by atoms with Crippen LogP contribution in [0.25, 0.3) is 10.9 Å². The Morgan fingerprint density at radius 3 is 2.46 bits per heavy atom. The van der Waals surface area contributed by atoms with E-state index < -0.39 is 16.3 Å². The lowest BCUT2D eigenvalue weighted by atomic mass is 10.0. The number of methoxy groups -OCH3 is 2. The predicted molar refractivity (Wildman–Crippen MR) is 103 cm³/mol. The first kappa shape index (κ1) is 20.0. The number of hydrogen-bond donors (Lipinski definition) is 3. The Morgan fingerprint density at radius 2 is 1.86 bits per heavy atom. The average Bonchev–Trinajstić information content (AvgIpc) is 2.65. The first-order valence-electron chi connectivity index (χ1n) is 8.61. The minimum Gasteiger partial charge on any atom is -0.493 e. The van der Waals surface area contributed by atoms with E-state index in [9.17, 15) is 13.2 Å². The molecule has 28 heavy (non-hydrogen) atoms. The van der Waals surface area contributed by atoms with Crippen molar-refractivity contribution in [3.63, 3.8) is 0 Å². The number of nitrogens with one attached hydrogen (secondary N) is 2. The smallest absolute Gasteiger partial charge is 0.419 e. The molecule has 0 radical (unpaired) electrons. The van der Waals surface area contributed by atoms with Crippen molar-refractivity contribution in [1.29, 1.82) is 0 Å². The fourth-order valence-corrected chi connectivity index (χ4v) is 4.30. The van der Waals surface area contributed by atoms with Gasteiger partial charge in [0.2, 0.25) is 0 Å². The number of piperidine rings is 1. The molecular weight excluding hydrogens is 388 g/mol. The van der Waals surface area contributed by atoms with Crippen molar-refractivity contribution in [1.82, 2.24) is 14.4 Å². The van der Waals surface area contributed by atoms with Gasteiger partial charge >= 0.3 is 16.3 Å². The number of fused-ring (bicyclic) bond motifs is 1. The molecule has 3 N–H and O–H groups in total. The van der Waals surface area contributed by atoms with Crippen LogP contribution in [0.15, 0.2) is 24.4 Å². The van der Waals surface area contributed by atoms with Gasteiger partial charge in [-0.2, -0.15) is 13.1 Å². The second-order valence-corrected chi connectivity index (χ2v) is 7.79. The minimum atomic E-state index is -4.07. The standard InChI is InChI=1S/C17H22N4O6S/c1-26-15-9-12-13(10-16(15)27-2)18-6-3-14(12)21-7-4-11(5-8-21)19-28(24,25)20-17(22)23/h3,6,9-11,19-20H,4-5,7-8H2,1-2H3,(H,22,23). The molecule has 11 heteroatoms. The molecule has 0 spiro atoms. The molecule has 1 aromatic carbocycles. The molecular formula is C17H22N4O6S. The molecule has 0 atom stereocenters. The number of aromatic nitrogens is 1. The molecule has 2 heterocycles. The van der Waals surface area contributed by atoms with Crippen molar-refractivity contribution in [2.75, 3.05) is 32.2 Å². The number of anilines is 1. The van der Waals surface area contributed by atoms with Gasteiger partial charge in [-0.3, -0.25) is 4.98 Å². The SMILES string of the molecule is COc1cc2nccc(N3CCC(NS(=O)(=O)NC(=O)O)CC3)c2cc1OC. The first-order chi connectivity index (χ1) is 13.3. The van der Waals surface area contributed by atoms with E-state index >= 15 is 0 Å². The van der Waals surface area contributed by atoms with Crippen molar-refractivity contribution in [2.24, 2.45) is 0 Å². The van der Waals surface area contributed by atoms with Gasteiger partial charge in [-0.1, -0.05) is 0 Å². The monoisotopic (exact) mass is 410 g/mol. The molecule has 0 aliphatic carbocycles. The van der Waals surface area contributed by atoms with Crippen LogP contribution in [0.4, 0.5) is 10.5 Å². The minimum absolute atomic E-state index is 0.337. The molecule has 1 aliphatic heterocycles. The van der Waals surface area contributed by atoms with Crippen LogP contribution in [-0.2, 0) is 10.2 Å². The quantitative estimate of drug-likeness (QED) is 0.650. The third kappa shape index (κ3) is 4.37. The molecule has 152 valence electrons. The molecule has 1 aromatic heterocycles. The van der Waals surface area contributed by atoms with Gasteiger partial charge in [-0.05, 0) is 25.0 Å². The maximum atomic E-state index is 11.7. The number of rotatable bonds is 6. The number of nitrogens with zero attached hydrogens (tertiary/aromatic N) is 2. The Balaban J connectivity index is 1.77. The summed E-state index contributed by atoms with van der Waals surface area (Å²) in [6, 6.07) is 5.26. The number of ether oxygens (including phenoxy) is 2. The zero-order valence-electron chi connectivity index (χ0n) is 15.5. The first-order valence-corrected chi connectivity index (χ1v) is 10.1. The van der Waals surface area contributed by atoms with Gasteiger partial charge in [0, 0.05) is 42.5 Å². The number of benzene rings is 1. The zero-order valence-corrected chi connectivity index (χ0v) is 16.3. The van der Waals surface area contributed by atoms with E-state index in [2.05, 4.69) is 14.6 Å². The Kier molecular flexibility index (Phi) is 5.75. The van der Waals surface area contributed by atoms with Gasteiger partial charge in [0.25, 0.3) is 0 Å². The van der Waals surface area contributed by atoms with E-state index in [4.69, 9.17) is 14.6 Å². The third-order valence-corrected chi connectivity index (χ3v) is 5.69. The Bertz CT molecular complexity index is 973. The summed E-state index contributed by atoms with van der Waals surface area (Å²) in [5, 5.41) is 9.50. The van der Waals surface area contributed by atoms with Gasteiger partial charge in [0.1, 0.15) is 0 Å². The van der Waals surface area contributed by atoms with Gasteiger partial charge in [-0.25, -0.2) is 9.52 Å². The highest BCUT2D eigenvalue weighted by Crippen LogP contribution is 2.36. The van der Waals surface area contributed by atoms with Crippen molar-refractivity contribution in [3.8, 4) is 11.5 Å². The molecule has 1 aliphatic rings. The molecule has 0 unspecified atom stereocenters. The molecule has 1 fully saturated rings. The second kappa shape index (κ2) is 8.07. The molecule has 10 nitrogen and oxygen atoms in total. The number of hydrogen-bond acceptors (Lipinski definition) is 7. The zero-order chi connectivity index (χ0) is 20.3. The maximum absolute atomic E-state index is 11.7. The molecule has 0 bridgehead atoms. The van der Waals surface area contributed by atoms with Gasteiger partial charge < -0.3 is 19.5 Å². The summed E-state index contributed by atoms with van der Waals surface area (Å²) >= 11 is 0. The summed E-state index contributed by atoms with van der Waals surface area (Å²) in [7, 11) is -0.932. The lowest BCUT2D eigenvalue weighted by Crippen LogP contribution is -2.49. The van der Waals surface area contributed by atoms with E-state index in [1.54, 1.807) is 20.4 Å². The van der Waals surface area contributed by atoms with E-state index in [0.717, 1.165) is 16.6 Å². The number of pyridine rings is 1. The van der Waals surface area contributed by atoms with Crippen LogP contribution in [0.1, 0.15) is 12.8 Å². The maximum Gasteiger partial charge on any atom is 0.419 e. The predicted octanol–water partition coefficient (Wildman–Crippen LogP) is 1.32. The third-order valence-electron chi connectivity index (χ3n) is 4.60. The average molecular weight is 410 g/mol. The molecule has 1 amide bonds. The second-order valence-electron chi connectivity index (χ2n) is 6.34. The fourth-order valence-electron chi connectivity index (χ4n) is 3.34. The van der Waals surface area contributed by atoms with Crippen molar-refractivity contribution in [3.05, 3.63) is 24.4 Å². The van der Waals surface area contributed by atoms with Gasteiger partial charge in [0.15, 0.2) is 11.5 Å². The van der Waals surface area contributed by atoms with Crippen LogP contribution >= 0.6 is 0 Å². The lowest BCUT2D eigenvalue weighted by molar-refractivity contribution is 0.201. The number of carbonyl (C=O) groups is 1. The summed E-state index contributed by atoms with van der Waals surface area (Å²) in [6.07, 6.45) is 1.18. The summed E-state index contributed by atoms with van der Waals surface area (Å²) < 4.78 is 38.0. The fraction of sp³-hybridized carbons (Fsp3) is 0.412. The van der Waals surface area contributed by atoms with Crippen LogP contribution in [0.3, 0.4) is 0 Å². The van der Waals surface area contributed by atoms with Crippen LogP contribution in [0, 0.1) is 0 Å². The summed E-state index contributed by atoms with van der Waals surface area (Å²) in [5.41, 5.74) is 1.74. The van der Waals surface area contributed by atoms with Crippen LogP contribution in [-0.4, -0.2) is 58.0 Å². The molecule has 3 rings (SSSR count). The Labute approximate surface area is 162 Å². The van der Waals surface area contributed by atoms with Gasteiger partial charge in [-0.15, -0.1) is 0 Å². The van der Waals surface area contributed by atoms with E-state index in [0.29, 0.717) is 37.4 Å². The molecule has 1 saturated heterocycles. The molecule has 0 saturated carbocycles. The van der Waals surface area contributed by atoms with Crippen molar-refractivity contribution < 1.29 is 27.8 Å². The Hall–Kier alpha value is -2.79. The van der Waals surface area contributed by atoms with E-state index in [-0.39, 0.29) is 6.04 Å². The van der Waals surface area contributed by atoms with E-state index in [1.807, 2.05) is 18.2 Å². The summed E-state index contributed by atoms with van der Waals surface area (Å²) in [4.78, 5) is 17.1. The highest BCUT2D eigenvalue weighted by Gasteiger charge is 2.25. The topological polar surface area (TPSA) is 130 Å². The lowest BCUT2D eigenvalue weighted by Gasteiger charge is -2.34. The van der Waals surface area contributed by atoms with Crippen LogP contribution in [0.5, 0.6) is 11.5 Å². The normalized spacial score (nSPS) is 15.4. The largest absolute Gasteiger partial charge is 0.493 e. The number of amides is 1. The Morgan fingerprint density at radius 1 is 1.21 bits per heavy atom. The van der Waals surface area contributed by atoms with Crippen LogP contribution in [0.2, 0.25) is 0 Å². The highest BCUT2D eigenvalue weighted by molar-refractivity contribution is 7.88. The summed E-state index contributed by atoms with van der Waals surface area (Å²) in [6.45, 7) is 1.21. The van der Waals surface area contributed by atoms with Crippen molar-refractivity contribution in [2.45, 2.75) is 18.9 Å². The van der Waals surface area contributed by atoms with Crippen molar-refractivity contribution >= 4 is 32.9 Å². The van der Waals surface area contributed by atoms with Crippen LogP contribution < -0.4 is 23.8 Å². The summed E-state index contributed by atoms with van der Waals surface area (Å²) in [5.74, 6) is 1.20.